The number of amides is 5. The highest BCUT2D eigenvalue weighted by atomic mass is 32.2. The number of likely N-dealkylation sites (tertiary alicyclic amines) is 1. The number of hydrogen-bond donors (Lipinski definition) is 10. The Balaban J connectivity index is 3.10. The molecule has 1 aliphatic heterocycles. The van der Waals surface area contributed by atoms with Crippen molar-refractivity contribution in [2.24, 2.45) is 22.2 Å². The summed E-state index contributed by atoms with van der Waals surface area (Å²) in [6.07, 6.45) is 0.887. The maximum atomic E-state index is 13.8. The van der Waals surface area contributed by atoms with Gasteiger partial charge in [-0.1, -0.05) is 0 Å². The number of carbonyl (C=O) groups is 7. The average Bonchev–Trinajstić information content (AvgIpc) is 3.51. The van der Waals surface area contributed by atoms with Crippen molar-refractivity contribution in [3.63, 3.8) is 0 Å². The summed E-state index contributed by atoms with van der Waals surface area (Å²) < 4.78 is 0. The topological polar surface area (TPSA) is 322 Å². The van der Waals surface area contributed by atoms with Gasteiger partial charge in [0.1, 0.15) is 30.2 Å². The molecule has 1 saturated heterocycles. The Bertz CT molecular complexity index is 1180. The van der Waals surface area contributed by atoms with Crippen molar-refractivity contribution in [3.05, 3.63) is 0 Å². The molecule has 0 saturated carbocycles. The number of carboxylic acids is 2. The lowest BCUT2D eigenvalue weighted by molar-refractivity contribution is -0.145. The minimum atomic E-state index is -1.59. The first-order valence-electron chi connectivity index (χ1n) is 15.4. The van der Waals surface area contributed by atoms with E-state index in [9.17, 15) is 43.8 Å². The molecule has 0 bridgehead atoms. The highest BCUT2D eigenvalue weighted by Crippen LogP contribution is 2.20. The van der Waals surface area contributed by atoms with Gasteiger partial charge in [0.25, 0.3) is 0 Å². The van der Waals surface area contributed by atoms with Crippen LogP contribution in [-0.4, -0.2) is 135 Å². The number of carbonyl (C=O) groups excluding carboxylic acids is 5. The van der Waals surface area contributed by atoms with E-state index in [2.05, 4.69) is 26.3 Å². The Morgan fingerprint density at radius 1 is 0.917 bits per heavy atom. The molecule has 1 aliphatic rings. The van der Waals surface area contributed by atoms with Gasteiger partial charge in [-0.25, -0.2) is 4.79 Å². The van der Waals surface area contributed by atoms with Crippen molar-refractivity contribution < 1.29 is 48.9 Å². The molecular weight excluding hydrogens is 654 g/mol. The summed E-state index contributed by atoms with van der Waals surface area (Å²) in [7, 11) is 0. The molecule has 0 unspecified atom stereocenters. The van der Waals surface area contributed by atoms with E-state index in [1.165, 1.54) is 30.5 Å². The van der Waals surface area contributed by atoms with E-state index in [0.717, 1.165) is 0 Å². The van der Waals surface area contributed by atoms with Crippen molar-refractivity contribution in [1.29, 1.82) is 0 Å². The van der Waals surface area contributed by atoms with Crippen LogP contribution in [0.25, 0.3) is 0 Å². The van der Waals surface area contributed by atoms with E-state index in [-0.39, 0.29) is 57.6 Å². The molecule has 13 N–H and O–H groups in total. The third-order valence-electron chi connectivity index (χ3n) is 7.44. The fourth-order valence-electron chi connectivity index (χ4n) is 4.77. The summed E-state index contributed by atoms with van der Waals surface area (Å²) >= 11 is 1.42. The van der Waals surface area contributed by atoms with Crippen LogP contribution in [0.2, 0.25) is 0 Å². The number of rotatable bonds is 21. The van der Waals surface area contributed by atoms with Crippen LogP contribution in [0.15, 0.2) is 4.99 Å². The number of aliphatic hydroxyl groups is 1. The van der Waals surface area contributed by atoms with Gasteiger partial charge in [0.05, 0.1) is 12.1 Å². The van der Waals surface area contributed by atoms with Crippen LogP contribution in [-0.2, 0) is 33.6 Å². The Morgan fingerprint density at radius 3 is 2.15 bits per heavy atom. The molecule has 0 aromatic carbocycles. The molecule has 0 aromatic heterocycles. The Morgan fingerprint density at radius 2 is 1.58 bits per heavy atom. The number of carboxylic acid groups (broad SMARTS) is 2. The third-order valence-corrected chi connectivity index (χ3v) is 8.09. The standard InChI is InChI=1S/C28H49N9O10S/c1-14(33-23(42)16(29)8-9-20(39)40)22(41)36-21(15(2)38)25(44)34-17(6-4-11-32-28(30)31)26(45)37-12-5-7-19(37)24(43)35-18(27(46)47)10-13-48-3/h14-19,21,38H,4-13,29H2,1-3H3,(H,33,42)(H,34,44)(H,35,43)(H,36,41)(H,39,40)(H,46,47)(H4,30,31,32)/t14-,15+,16-,17-,18-,19-,21-/m0/s1. The second-order valence-corrected chi connectivity index (χ2v) is 12.4. The van der Waals surface area contributed by atoms with Gasteiger partial charge in [0.2, 0.25) is 29.5 Å². The van der Waals surface area contributed by atoms with Gasteiger partial charge in [-0.05, 0) is 64.4 Å². The van der Waals surface area contributed by atoms with Gasteiger partial charge >= 0.3 is 11.9 Å². The molecule has 19 nitrogen and oxygen atoms in total. The number of aliphatic imine (C=N–C) groups is 1. The smallest absolute Gasteiger partial charge is 0.326 e. The van der Waals surface area contributed by atoms with Crippen molar-refractivity contribution in [3.8, 4) is 0 Å². The maximum absolute atomic E-state index is 13.8. The summed E-state index contributed by atoms with van der Waals surface area (Å²) in [6, 6.07) is -7.44. The van der Waals surface area contributed by atoms with E-state index in [1.807, 2.05) is 0 Å². The number of thioether (sulfide) groups is 1. The predicted molar refractivity (Wildman–Crippen MR) is 175 cm³/mol. The van der Waals surface area contributed by atoms with E-state index in [4.69, 9.17) is 22.3 Å². The molecule has 272 valence electrons. The first-order valence-corrected chi connectivity index (χ1v) is 16.8. The van der Waals surface area contributed by atoms with Crippen molar-refractivity contribution in [2.45, 2.75) is 101 Å². The molecule has 0 aromatic rings. The monoisotopic (exact) mass is 703 g/mol. The fraction of sp³-hybridized carbons (Fsp3) is 0.714. The van der Waals surface area contributed by atoms with Gasteiger partial charge in [0, 0.05) is 19.5 Å². The maximum Gasteiger partial charge on any atom is 0.326 e. The number of aliphatic carboxylic acids is 2. The van der Waals surface area contributed by atoms with Crippen molar-refractivity contribution in [1.82, 2.24) is 26.2 Å². The molecular formula is C28H49N9O10S. The van der Waals surface area contributed by atoms with Crippen LogP contribution in [0.3, 0.4) is 0 Å². The molecule has 1 heterocycles. The molecule has 1 rings (SSSR count). The Labute approximate surface area is 282 Å². The summed E-state index contributed by atoms with van der Waals surface area (Å²) in [5.74, 6) is -5.98. The number of guanidine groups is 1. The fourth-order valence-corrected chi connectivity index (χ4v) is 5.24. The molecule has 7 atom stereocenters. The summed E-state index contributed by atoms with van der Waals surface area (Å²) in [4.78, 5) is 93.0. The van der Waals surface area contributed by atoms with Gasteiger partial charge in [-0.2, -0.15) is 11.8 Å². The Kier molecular flexibility index (Phi) is 18.3. The lowest BCUT2D eigenvalue weighted by Crippen LogP contribution is -2.61. The van der Waals surface area contributed by atoms with Crippen LogP contribution in [0.1, 0.15) is 58.8 Å². The summed E-state index contributed by atoms with van der Waals surface area (Å²) in [5.41, 5.74) is 16.4. The second-order valence-electron chi connectivity index (χ2n) is 11.4. The van der Waals surface area contributed by atoms with E-state index < -0.39 is 83.8 Å². The van der Waals surface area contributed by atoms with Crippen LogP contribution in [0, 0.1) is 0 Å². The van der Waals surface area contributed by atoms with Gasteiger partial charge in [0.15, 0.2) is 5.96 Å². The Hall–Kier alpha value is -4.17. The third kappa shape index (κ3) is 14.3. The number of aliphatic hydroxyl groups excluding tert-OH is 1. The molecule has 0 aliphatic carbocycles. The lowest BCUT2D eigenvalue weighted by Gasteiger charge is -2.31. The van der Waals surface area contributed by atoms with Gasteiger partial charge in [-0.15, -0.1) is 0 Å². The first kappa shape index (κ1) is 41.9. The highest BCUT2D eigenvalue weighted by molar-refractivity contribution is 7.98. The van der Waals surface area contributed by atoms with E-state index in [0.29, 0.717) is 12.2 Å². The second kappa shape index (κ2) is 20.9. The van der Waals surface area contributed by atoms with Crippen molar-refractivity contribution >= 4 is 59.2 Å². The number of nitrogens with two attached hydrogens (primary N) is 3. The molecule has 20 heteroatoms. The van der Waals surface area contributed by atoms with E-state index in [1.54, 1.807) is 6.26 Å². The molecule has 0 spiro atoms. The quantitative estimate of drug-likeness (QED) is 0.0314. The zero-order chi connectivity index (χ0) is 36.6. The van der Waals surface area contributed by atoms with Crippen LogP contribution < -0.4 is 38.5 Å². The number of hydrogen-bond acceptors (Lipinski definition) is 11. The minimum absolute atomic E-state index is 0.00116. The number of nitrogens with zero attached hydrogens (tertiary/aromatic N) is 2. The van der Waals surface area contributed by atoms with Crippen LogP contribution >= 0.6 is 11.8 Å². The molecule has 48 heavy (non-hydrogen) atoms. The van der Waals surface area contributed by atoms with Gasteiger partial charge in [-0.3, -0.25) is 33.8 Å². The summed E-state index contributed by atoms with van der Waals surface area (Å²) in [5, 5.41) is 38.4. The van der Waals surface area contributed by atoms with Crippen LogP contribution in [0.4, 0.5) is 0 Å². The normalized spacial score (nSPS) is 17.9. The predicted octanol–water partition coefficient (Wildman–Crippen LogP) is -3.60. The highest BCUT2D eigenvalue weighted by Gasteiger charge is 2.40. The lowest BCUT2D eigenvalue weighted by atomic mass is 10.1. The molecule has 1 fully saturated rings. The van der Waals surface area contributed by atoms with Gasteiger partial charge < -0.3 is 58.7 Å². The largest absolute Gasteiger partial charge is 0.481 e. The summed E-state index contributed by atoms with van der Waals surface area (Å²) in [6.45, 7) is 2.77. The zero-order valence-electron chi connectivity index (χ0n) is 27.3. The van der Waals surface area contributed by atoms with Crippen LogP contribution in [0.5, 0.6) is 0 Å². The zero-order valence-corrected chi connectivity index (χ0v) is 28.2. The van der Waals surface area contributed by atoms with E-state index >= 15 is 0 Å². The van der Waals surface area contributed by atoms with Crippen molar-refractivity contribution in [2.75, 3.05) is 25.1 Å². The SMILES string of the molecule is CSCC[C@H](NC(=O)[C@@H]1CCCN1C(=O)[C@H](CCCN=C(N)N)NC(=O)[C@@H](NC(=O)[C@H](C)NC(=O)[C@@H](N)CCC(=O)O)[C@@H](C)O)C(=O)O. The first-order chi connectivity index (χ1) is 22.5. The number of nitrogens with one attached hydrogen (secondary N) is 4. The molecule has 0 radical (unpaired) electrons. The average molecular weight is 704 g/mol. The minimum Gasteiger partial charge on any atom is -0.481 e. The molecule has 5 amide bonds.